The molecule has 1 aliphatic rings. The number of thioether (sulfide) groups is 1. The van der Waals surface area contributed by atoms with E-state index in [1.807, 2.05) is 30.3 Å². The number of carbonyl (C=O) groups excluding carboxylic acids is 3. The SMILES string of the molecule is COCc1cccc(C[C@H](O)/C=C/[C@@H]2[C@H](O)CC(=O)[C@@H]2CCSCCCC(=O)OC(C)C(=O)c2ccccc2)c1. The average molecular weight is 569 g/mol. The molecule has 0 bridgehead atoms. The third kappa shape index (κ3) is 10.0. The van der Waals surface area contributed by atoms with Gasteiger partial charge in [-0.15, -0.1) is 0 Å². The van der Waals surface area contributed by atoms with Crippen molar-refractivity contribution in [3.63, 3.8) is 0 Å². The van der Waals surface area contributed by atoms with Gasteiger partial charge >= 0.3 is 5.97 Å². The molecule has 1 unspecified atom stereocenters. The van der Waals surface area contributed by atoms with E-state index in [0.29, 0.717) is 31.4 Å². The van der Waals surface area contributed by atoms with E-state index in [0.717, 1.165) is 22.6 Å². The number of rotatable bonds is 16. The van der Waals surface area contributed by atoms with E-state index in [9.17, 15) is 24.6 Å². The van der Waals surface area contributed by atoms with Gasteiger partial charge in [0.2, 0.25) is 5.78 Å². The Morgan fingerprint density at radius 3 is 2.60 bits per heavy atom. The maximum Gasteiger partial charge on any atom is 0.306 e. The largest absolute Gasteiger partial charge is 0.454 e. The molecule has 0 aliphatic heterocycles. The van der Waals surface area contributed by atoms with Gasteiger partial charge in [-0.2, -0.15) is 11.8 Å². The van der Waals surface area contributed by atoms with E-state index in [1.54, 1.807) is 62.2 Å². The van der Waals surface area contributed by atoms with Crippen molar-refractivity contribution < 1.29 is 34.1 Å². The number of esters is 1. The molecule has 0 saturated heterocycles. The lowest BCUT2D eigenvalue weighted by Gasteiger charge is -2.18. The molecule has 216 valence electrons. The predicted molar refractivity (Wildman–Crippen MR) is 156 cm³/mol. The number of ether oxygens (including phenoxy) is 2. The van der Waals surface area contributed by atoms with Gasteiger partial charge in [-0.1, -0.05) is 66.7 Å². The van der Waals surface area contributed by atoms with Gasteiger partial charge in [0.25, 0.3) is 0 Å². The standard InChI is InChI=1S/C32H40O7S/c1-22(32(37)25-10-4-3-5-11-25)39-31(36)12-7-16-40-17-15-28-27(29(34)20-30(28)35)14-13-26(33)19-23-8-6-9-24(18-23)21-38-2/h3-6,8-11,13-14,18,22,26-29,33-34H,7,12,15-17,19-21H2,1-2H3/b14-13+/t22?,26-,27+,28-,29-/m1/s1. The van der Waals surface area contributed by atoms with E-state index in [2.05, 4.69) is 0 Å². The minimum Gasteiger partial charge on any atom is -0.454 e. The highest BCUT2D eigenvalue weighted by atomic mass is 32.2. The van der Waals surface area contributed by atoms with Gasteiger partial charge in [-0.05, 0) is 42.4 Å². The van der Waals surface area contributed by atoms with E-state index in [-0.39, 0.29) is 36.2 Å². The van der Waals surface area contributed by atoms with Crippen molar-refractivity contribution in [2.45, 2.75) is 63.9 Å². The number of carbonyl (C=O) groups is 3. The third-order valence-electron chi connectivity index (χ3n) is 7.01. The highest BCUT2D eigenvalue weighted by molar-refractivity contribution is 7.99. The van der Waals surface area contributed by atoms with Crippen LogP contribution in [0.2, 0.25) is 0 Å². The summed E-state index contributed by atoms with van der Waals surface area (Å²) in [5.41, 5.74) is 2.54. The Balaban J connectivity index is 1.37. The summed E-state index contributed by atoms with van der Waals surface area (Å²) in [5, 5.41) is 21.0. The summed E-state index contributed by atoms with van der Waals surface area (Å²) in [6, 6.07) is 16.6. The van der Waals surface area contributed by atoms with Crippen LogP contribution in [0.1, 0.15) is 54.1 Å². The van der Waals surface area contributed by atoms with Crippen LogP contribution in [-0.2, 0) is 32.1 Å². The van der Waals surface area contributed by atoms with Crippen molar-refractivity contribution >= 4 is 29.3 Å². The van der Waals surface area contributed by atoms with Gasteiger partial charge in [0.15, 0.2) is 6.10 Å². The highest BCUT2D eigenvalue weighted by Crippen LogP contribution is 2.34. The Hall–Kier alpha value is -2.78. The summed E-state index contributed by atoms with van der Waals surface area (Å²) in [5.74, 6) is 0.262. The van der Waals surface area contributed by atoms with E-state index in [4.69, 9.17) is 9.47 Å². The van der Waals surface area contributed by atoms with Gasteiger partial charge in [0.1, 0.15) is 5.78 Å². The van der Waals surface area contributed by atoms with Gasteiger partial charge in [-0.25, -0.2) is 0 Å². The van der Waals surface area contributed by atoms with Crippen molar-refractivity contribution in [2.75, 3.05) is 18.6 Å². The molecule has 0 aromatic heterocycles. The number of ketones is 2. The summed E-state index contributed by atoms with van der Waals surface area (Å²) in [7, 11) is 1.64. The molecule has 1 saturated carbocycles. The zero-order chi connectivity index (χ0) is 28.9. The molecule has 7 nitrogen and oxygen atoms in total. The molecule has 0 radical (unpaired) electrons. The topological polar surface area (TPSA) is 110 Å². The van der Waals surface area contributed by atoms with Crippen LogP contribution in [0.4, 0.5) is 0 Å². The van der Waals surface area contributed by atoms with Crippen LogP contribution >= 0.6 is 11.8 Å². The molecule has 2 aromatic carbocycles. The second-order valence-corrected chi connectivity index (χ2v) is 11.4. The van der Waals surface area contributed by atoms with Crippen LogP contribution in [0.15, 0.2) is 66.7 Å². The molecule has 2 N–H and O–H groups in total. The van der Waals surface area contributed by atoms with Crippen molar-refractivity contribution in [1.82, 2.24) is 0 Å². The molecule has 8 heteroatoms. The smallest absolute Gasteiger partial charge is 0.306 e. The Bertz CT molecular complexity index is 1130. The first-order valence-electron chi connectivity index (χ1n) is 13.8. The third-order valence-corrected chi connectivity index (χ3v) is 8.12. The molecule has 1 aliphatic carbocycles. The molecule has 0 spiro atoms. The quantitative estimate of drug-likeness (QED) is 0.131. The Morgan fingerprint density at radius 1 is 1.10 bits per heavy atom. The van der Waals surface area contributed by atoms with Gasteiger partial charge < -0.3 is 19.7 Å². The maximum atomic E-state index is 12.5. The molecular weight excluding hydrogens is 528 g/mol. The number of methoxy groups -OCH3 is 1. The van der Waals surface area contributed by atoms with Crippen LogP contribution in [0.25, 0.3) is 0 Å². The number of benzene rings is 2. The first-order chi connectivity index (χ1) is 19.3. The van der Waals surface area contributed by atoms with Crippen molar-refractivity contribution in [3.8, 4) is 0 Å². The first kappa shape index (κ1) is 31.7. The molecule has 1 fully saturated rings. The van der Waals surface area contributed by atoms with E-state index in [1.165, 1.54) is 0 Å². The van der Waals surface area contributed by atoms with Crippen LogP contribution in [-0.4, -0.2) is 64.7 Å². The number of aliphatic hydroxyl groups excluding tert-OH is 2. The Labute approximate surface area is 241 Å². The van der Waals surface area contributed by atoms with Crippen LogP contribution in [0.5, 0.6) is 0 Å². The summed E-state index contributed by atoms with van der Waals surface area (Å²) in [6.07, 6.45) is 3.21. The fraction of sp³-hybridized carbons (Fsp3) is 0.469. The lowest BCUT2D eigenvalue weighted by molar-refractivity contribution is -0.146. The van der Waals surface area contributed by atoms with Crippen LogP contribution in [0, 0.1) is 11.8 Å². The highest BCUT2D eigenvalue weighted by Gasteiger charge is 2.39. The molecule has 3 rings (SSSR count). The fourth-order valence-corrected chi connectivity index (χ4v) is 5.92. The molecule has 5 atom stereocenters. The summed E-state index contributed by atoms with van der Waals surface area (Å²) < 4.78 is 10.5. The van der Waals surface area contributed by atoms with Gasteiger partial charge in [0.05, 0.1) is 18.8 Å². The fourth-order valence-electron chi connectivity index (χ4n) is 4.95. The van der Waals surface area contributed by atoms with Gasteiger partial charge in [-0.3, -0.25) is 14.4 Å². The summed E-state index contributed by atoms with van der Waals surface area (Å²) >= 11 is 1.65. The van der Waals surface area contributed by atoms with Crippen LogP contribution < -0.4 is 0 Å². The first-order valence-corrected chi connectivity index (χ1v) is 14.9. The van der Waals surface area contributed by atoms with E-state index >= 15 is 0 Å². The molecule has 40 heavy (non-hydrogen) atoms. The predicted octanol–water partition coefficient (Wildman–Crippen LogP) is 4.58. The molecule has 0 heterocycles. The van der Waals surface area contributed by atoms with Crippen molar-refractivity contribution in [2.24, 2.45) is 11.8 Å². The number of aliphatic hydroxyl groups is 2. The average Bonchev–Trinajstić information content (AvgIpc) is 3.21. The molecule has 2 aromatic rings. The van der Waals surface area contributed by atoms with Crippen LogP contribution in [0.3, 0.4) is 0 Å². The minimum atomic E-state index is -0.827. The maximum absolute atomic E-state index is 12.5. The lowest BCUT2D eigenvalue weighted by Crippen LogP contribution is -2.24. The second-order valence-electron chi connectivity index (χ2n) is 10.2. The monoisotopic (exact) mass is 568 g/mol. The Morgan fingerprint density at radius 2 is 1.85 bits per heavy atom. The second kappa shape index (κ2) is 16.5. The normalized spacial score (nSPS) is 20.5. The minimum absolute atomic E-state index is 0.0464. The lowest BCUT2D eigenvalue weighted by atomic mass is 9.91. The zero-order valence-electron chi connectivity index (χ0n) is 23.2. The zero-order valence-corrected chi connectivity index (χ0v) is 24.1. The number of hydrogen-bond acceptors (Lipinski definition) is 8. The number of hydrogen-bond donors (Lipinski definition) is 2. The van der Waals surface area contributed by atoms with Crippen molar-refractivity contribution in [3.05, 3.63) is 83.4 Å². The molecular formula is C32H40O7S. The summed E-state index contributed by atoms with van der Waals surface area (Å²) in [6.45, 7) is 2.09. The summed E-state index contributed by atoms with van der Waals surface area (Å²) in [4.78, 5) is 37.0. The van der Waals surface area contributed by atoms with E-state index < -0.39 is 24.3 Å². The number of Topliss-reactive ketones (excluding diaryl/α,β-unsaturated/α-hetero) is 2. The molecule has 0 amide bonds. The van der Waals surface area contributed by atoms with Crippen molar-refractivity contribution in [1.29, 1.82) is 0 Å². The Kier molecular flexibility index (Phi) is 13.1. The van der Waals surface area contributed by atoms with Gasteiger partial charge in [0, 0.05) is 43.8 Å².